The van der Waals surface area contributed by atoms with Crippen molar-refractivity contribution in [3.63, 3.8) is 0 Å². The lowest BCUT2D eigenvalue weighted by atomic mass is 9.91. The van der Waals surface area contributed by atoms with E-state index in [0.29, 0.717) is 6.42 Å². The van der Waals surface area contributed by atoms with Crippen molar-refractivity contribution in [1.82, 2.24) is 0 Å². The lowest BCUT2D eigenvalue weighted by molar-refractivity contribution is 0.0993. The zero-order valence-corrected chi connectivity index (χ0v) is 15.8. The van der Waals surface area contributed by atoms with E-state index in [-0.39, 0.29) is 5.78 Å². The zero-order valence-electron chi connectivity index (χ0n) is 15.8. The molecule has 5 aromatic carbocycles. The first-order valence-electron chi connectivity index (χ1n) is 9.63. The van der Waals surface area contributed by atoms with Crippen LogP contribution in [-0.2, 0) is 6.42 Å². The summed E-state index contributed by atoms with van der Waals surface area (Å²) < 4.78 is 0. The lowest BCUT2D eigenvalue weighted by Crippen LogP contribution is -2.03. The molecule has 0 saturated carbocycles. The van der Waals surface area contributed by atoms with E-state index in [1.54, 1.807) is 0 Å². The second kappa shape index (κ2) is 6.61. The number of Topliss-reactive ketones (excluding diaryl/α,β-unsaturated/α-hetero) is 1. The maximum Gasteiger partial charge on any atom is 0.167 e. The van der Waals surface area contributed by atoms with Gasteiger partial charge in [0.15, 0.2) is 5.78 Å². The minimum absolute atomic E-state index is 0.154. The van der Waals surface area contributed by atoms with Crippen LogP contribution in [0.1, 0.15) is 21.5 Å². The maximum atomic E-state index is 12.7. The van der Waals surface area contributed by atoms with Crippen molar-refractivity contribution in [2.45, 2.75) is 13.3 Å². The molecule has 28 heavy (non-hydrogen) atoms. The van der Waals surface area contributed by atoms with Crippen LogP contribution in [0, 0.1) is 6.92 Å². The van der Waals surface area contributed by atoms with Crippen molar-refractivity contribution in [2.24, 2.45) is 0 Å². The normalized spacial score (nSPS) is 11.3. The Hall–Kier alpha value is -3.45. The zero-order chi connectivity index (χ0) is 19.1. The van der Waals surface area contributed by atoms with E-state index in [4.69, 9.17) is 0 Å². The van der Waals surface area contributed by atoms with Gasteiger partial charge in [-0.25, -0.2) is 0 Å². The number of carbonyl (C=O) groups is 1. The average Bonchev–Trinajstić information content (AvgIpc) is 2.74. The quantitative estimate of drug-likeness (QED) is 0.253. The highest BCUT2D eigenvalue weighted by atomic mass is 16.1. The minimum atomic E-state index is 0.154. The molecular formula is C27H20O. The molecule has 134 valence electrons. The third-order valence-electron chi connectivity index (χ3n) is 5.52. The van der Waals surface area contributed by atoms with E-state index in [0.717, 1.165) is 11.1 Å². The summed E-state index contributed by atoms with van der Waals surface area (Å²) in [5.74, 6) is 0.154. The molecule has 0 spiro atoms. The number of hydrogen-bond acceptors (Lipinski definition) is 1. The molecule has 1 nitrogen and oxygen atoms in total. The summed E-state index contributed by atoms with van der Waals surface area (Å²) in [6.07, 6.45) is 0.417. The number of hydrogen-bond donors (Lipinski definition) is 0. The average molecular weight is 360 g/mol. The summed E-state index contributed by atoms with van der Waals surface area (Å²) in [6.45, 7) is 2.13. The van der Waals surface area contributed by atoms with Gasteiger partial charge < -0.3 is 0 Å². The lowest BCUT2D eigenvalue weighted by Gasteiger charge is -2.12. The smallest absolute Gasteiger partial charge is 0.167 e. The van der Waals surface area contributed by atoms with Gasteiger partial charge in [-0.1, -0.05) is 96.6 Å². The summed E-state index contributed by atoms with van der Waals surface area (Å²) in [7, 11) is 0. The van der Waals surface area contributed by atoms with Gasteiger partial charge in [-0.3, -0.25) is 4.79 Å². The molecule has 0 saturated heterocycles. The van der Waals surface area contributed by atoms with Gasteiger partial charge in [-0.15, -0.1) is 0 Å². The summed E-state index contributed by atoms with van der Waals surface area (Å²) in [5, 5.41) is 7.51. The van der Waals surface area contributed by atoms with Gasteiger partial charge in [0.2, 0.25) is 0 Å². The van der Waals surface area contributed by atoms with Crippen molar-refractivity contribution in [2.75, 3.05) is 0 Å². The largest absolute Gasteiger partial charge is 0.294 e. The number of carbonyl (C=O) groups excluding carboxylic acids is 1. The van der Waals surface area contributed by atoms with Gasteiger partial charge in [-0.05, 0) is 44.8 Å². The van der Waals surface area contributed by atoms with Crippen molar-refractivity contribution in [3.8, 4) is 0 Å². The highest BCUT2D eigenvalue weighted by molar-refractivity contribution is 6.25. The first-order valence-corrected chi connectivity index (χ1v) is 9.63. The van der Waals surface area contributed by atoms with Gasteiger partial charge in [0.25, 0.3) is 0 Å². The van der Waals surface area contributed by atoms with Gasteiger partial charge in [0, 0.05) is 12.0 Å². The third kappa shape index (κ3) is 2.76. The molecule has 0 aromatic heterocycles. The standard InChI is InChI=1S/C27H20O/c1-18-11-13-23-21-9-5-6-10-22(21)26-16-19(12-14-24(26)25(23)15-18)17-27(28)20-7-3-2-4-8-20/h2-16H,17H2,1H3. The molecule has 0 fully saturated rings. The molecular weight excluding hydrogens is 340 g/mol. The van der Waals surface area contributed by atoms with E-state index in [1.807, 2.05) is 30.3 Å². The fraction of sp³-hybridized carbons (Fsp3) is 0.0741. The maximum absolute atomic E-state index is 12.7. The molecule has 5 rings (SSSR count). The van der Waals surface area contributed by atoms with Crippen LogP contribution in [0.3, 0.4) is 0 Å². The Kier molecular flexibility index (Phi) is 3.95. The van der Waals surface area contributed by atoms with Crippen LogP contribution >= 0.6 is 0 Å². The predicted octanol–water partition coefficient (Wildman–Crippen LogP) is 6.88. The second-order valence-corrected chi connectivity index (χ2v) is 7.44. The van der Waals surface area contributed by atoms with Crippen molar-refractivity contribution < 1.29 is 4.79 Å². The molecule has 0 amide bonds. The number of benzene rings is 5. The van der Waals surface area contributed by atoms with Crippen LogP contribution in [0.5, 0.6) is 0 Å². The molecule has 0 atom stereocenters. The topological polar surface area (TPSA) is 17.1 Å². The Labute approximate surface area is 164 Å². The second-order valence-electron chi connectivity index (χ2n) is 7.44. The molecule has 1 heteroatoms. The highest BCUT2D eigenvalue weighted by Gasteiger charge is 2.11. The Balaban J connectivity index is 1.72. The first kappa shape index (κ1) is 16.7. The van der Waals surface area contributed by atoms with Crippen LogP contribution in [0.15, 0.2) is 91.0 Å². The molecule has 0 N–H and O–H groups in total. The fourth-order valence-electron chi connectivity index (χ4n) is 4.14. The molecule has 0 radical (unpaired) electrons. The fourth-order valence-corrected chi connectivity index (χ4v) is 4.14. The summed E-state index contributed by atoms with van der Waals surface area (Å²) in [5.41, 5.74) is 3.08. The van der Waals surface area contributed by atoms with Crippen LogP contribution in [-0.4, -0.2) is 5.78 Å². The number of ketones is 1. The van der Waals surface area contributed by atoms with Crippen molar-refractivity contribution in [1.29, 1.82) is 0 Å². The number of aryl methyl sites for hydroxylation is 1. The number of rotatable bonds is 3. The molecule has 0 aliphatic rings. The van der Waals surface area contributed by atoms with E-state index in [2.05, 4.69) is 67.6 Å². The van der Waals surface area contributed by atoms with E-state index in [1.165, 1.54) is 37.9 Å². The van der Waals surface area contributed by atoms with Gasteiger partial charge >= 0.3 is 0 Å². The molecule has 5 aromatic rings. The van der Waals surface area contributed by atoms with Crippen LogP contribution in [0.2, 0.25) is 0 Å². The van der Waals surface area contributed by atoms with Crippen LogP contribution < -0.4 is 0 Å². The minimum Gasteiger partial charge on any atom is -0.294 e. The molecule has 0 bridgehead atoms. The summed E-state index contributed by atoms with van der Waals surface area (Å²) in [6, 6.07) is 31.2. The van der Waals surface area contributed by atoms with Crippen molar-refractivity contribution >= 4 is 38.1 Å². The molecule has 0 heterocycles. The van der Waals surface area contributed by atoms with E-state index < -0.39 is 0 Å². The first-order chi connectivity index (χ1) is 13.7. The van der Waals surface area contributed by atoms with E-state index >= 15 is 0 Å². The van der Waals surface area contributed by atoms with Gasteiger partial charge in [0.1, 0.15) is 0 Å². The highest BCUT2D eigenvalue weighted by Crippen LogP contribution is 2.36. The third-order valence-corrected chi connectivity index (χ3v) is 5.52. The van der Waals surface area contributed by atoms with Crippen LogP contribution in [0.25, 0.3) is 32.3 Å². The SMILES string of the molecule is Cc1ccc2c3ccccc3c3cc(CC(=O)c4ccccc4)ccc3c2c1. The van der Waals surface area contributed by atoms with Crippen molar-refractivity contribution in [3.05, 3.63) is 108 Å². The summed E-state index contributed by atoms with van der Waals surface area (Å²) in [4.78, 5) is 12.7. The van der Waals surface area contributed by atoms with Gasteiger partial charge in [0.05, 0.1) is 0 Å². The summed E-state index contributed by atoms with van der Waals surface area (Å²) >= 11 is 0. The Morgan fingerprint density at radius 3 is 1.96 bits per heavy atom. The molecule has 0 aliphatic heterocycles. The number of fused-ring (bicyclic) bond motifs is 6. The Morgan fingerprint density at radius 1 is 0.607 bits per heavy atom. The molecule has 0 unspecified atom stereocenters. The Morgan fingerprint density at radius 2 is 1.18 bits per heavy atom. The predicted molar refractivity (Wildman–Crippen MR) is 118 cm³/mol. The monoisotopic (exact) mass is 360 g/mol. The van der Waals surface area contributed by atoms with Gasteiger partial charge in [-0.2, -0.15) is 0 Å². The van der Waals surface area contributed by atoms with E-state index in [9.17, 15) is 4.79 Å². The van der Waals surface area contributed by atoms with Crippen LogP contribution in [0.4, 0.5) is 0 Å². The Bertz CT molecular complexity index is 1350. The molecule has 0 aliphatic carbocycles.